The van der Waals surface area contributed by atoms with Gasteiger partial charge < -0.3 is 10.4 Å². The molecule has 94 valence electrons. The SMILES string of the molecule is Cc1ccnc(NCc2ccnn2C)c1C(=O)O. The highest BCUT2D eigenvalue weighted by atomic mass is 16.4. The molecule has 0 aromatic carbocycles. The van der Waals surface area contributed by atoms with E-state index in [1.165, 1.54) is 0 Å². The molecule has 2 N–H and O–H groups in total. The van der Waals surface area contributed by atoms with E-state index in [1.807, 2.05) is 13.1 Å². The Morgan fingerprint density at radius 2 is 2.22 bits per heavy atom. The van der Waals surface area contributed by atoms with E-state index in [9.17, 15) is 4.79 Å². The van der Waals surface area contributed by atoms with E-state index in [0.717, 1.165) is 5.69 Å². The highest BCUT2D eigenvalue weighted by Crippen LogP contribution is 2.17. The van der Waals surface area contributed by atoms with Crippen molar-refractivity contribution in [2.75, 3.05) is 5.32 Å². The first-order chi connectivity index (χ1) is 8.59. The number of aryl methyl sites for hydroxylation is 2. The van der Waals surface area contributed by atoms with Crippen molar-refractivity contribution >= 4 is 11.8 Å². The molecular weight excluding hydrogens is 232 g/mol. The monoisotopic (exact) mass is 246 g/mol. The molecule has 0 unspecified atom stereocenters. The van der Waals surface area contributed by atoms with Gasteiger partial charge in [0.05, 0.1) is 12.2 Å². The number of rotatable bonds is 4. The van der Waals surface area contributed by atoms with Crippen molar-refractivity contribution in [3.63, 3.8) is 0 Å². The Hall–Kier alpha value is -2.37. The molecule has 0 aliphatic heterocycles. The van der Waals surface area contributed by atoms with Gasteiger partial charge in [-0.05, 0) is 24.6 Å². The maximum Gasteiger partial charge on any atom is 0.339 e. The highest BCUT2D eigenvalue weighted by molar-refractivity contribution is 5.94. The molecule has 2 rings (SSSR count). The Morgan fingerprint density at radius 3 is 2.83 bits per heavy atom. The van der Waals surface area contributed by atoms with Crippen LogP contribution in [0.5, 0.6) is 0 Å². The summed E-state index contributed by atoms with van der Waals surface area (Å²) in [6, 6.07) is 3.54. The number of carboxylic acid groups (broad SMARTS) is 1. The average Bonchev–Trinajstić information content (AvgIpc) is 2.71. The molecule has 0 atom stereocenters. The van der Waals surface area contributed by atoms with Crippen LogP contribution in [0, 0.1) is 6.92 Å². The largest absolute Gasteiger partial charge is 0.478 e. The smallest absolute Gasteiger partial charge is 0.339 e. The number of pyridine rings is 1. The molecule has 0 spiro atoms. The van der Waals surface area contributed by atoms with Crippen LogP contribution in [0.25, 0.3) is 0 Å². The number of aromatic carboxylic acids is 1. The minimum atomic E-state index is -0.979. The quantitative estimate of drug-likeness (QED) is 0.853. The zero-order chi connectivity index (χ0) is 13.1. The molecule has 6 heteroatoms. The van der Waals surface area contributed by atoms with Crippen LogP contribution >= 0.6 is 0 Å². The molecule has 0 radical (unpaired) electrons. The van der Waals surface area contributed by atoms with Crippen LogP contribution < -0.4 is 5.32 Å². The number of carboxylic acids is 1. The maximum atomic E-state index is 11.2. The molecule has 2 aromatic heterocycles. The first-order valence-electron chi connectivity index (χ1n) is 5.49. The average molecular weight is 246 g/mol. The zero-order valence-electron chi connectivity index (χ0n) is 10.2. The summed E-state index contributed by atoms with van der Waals surface area (Å²) in [5, 5.41) is 16.2. The van der Waals surface area contributed by atoms with Gasteiger partial charge in [-0.1, -0.05) is 0 Å². The maximum absolute atomic E-state index is 11.2. The molecule has 0 saturated heterocycles. The molecule has 0 saturated carbocycles. The van der Waals surface area contributed by atoms with Crippen molar-refractivity contribution < 1.29 is 9.90 Å². The van der Waals surface area contributed by atoms with E-state index in [2.05, 4.69) is 15.4 Å². The Kier molecular flexibility index (Phi) is 3.27. The van der Waals surface area contributed by atoms with Crippen LogP contribution in [0.1, 0.15) is 21.6 Å². The minimum absolute atomic E-state index is 0.208. The van der Waals surface area contributed by atoms with E-state index >= 15 is 0 Å². The van der Waals surface area contributed by atoms with Gasteiger partial charge in [0.2, 0.25) is 0 Å². The molecule has 0 amide bonds. The molecule has 0 bridgehead atoms. The summed E-state index contributed by atoms with van der Waals surface area (Å²) in [5.74, 6) is -0.600. The topological polar surface area (TPSA) is 80.0 Å². The fraction of sp³-hybridized carbons (Fsp3) is 0.250. The fourth-order valence-electron chi connectivity index (χ4n) is 1.71. The van der Waals surface area contributed by atoms with E-state index in [0.29, 0.717) is 17.9 Å². The van der Waals surface area contributed by atoms with Crippen LogP contribution in [0.4, 0.5) is 5.82 Å². The minimum Gasteiger partial charge on any atom is -0.478 e. The van der Waals surface area contributed by atoms with Crippen molar-refractivity contribution in [2.24, 2.45) is 7.05 Å². The number of hydrogen-bond donors (Lipinski definition) is 2. The number of nitrogens with zero attached hydrogens (tertiary/aromatic N) is 3. The first kappa shape index (κ1) is 12.1. The fourth-order valence-corrected chi connectivity index (χ4v) is 1.71. The molecular formula is C12H14N4O2. The van der Waals surface area contributed by atoms with Gasteiger partial charge in [0.1, 0.15) is 11.4 Å². The van der Waals surface area contributed by atoms with Crippen LogP contribution in [0.15, 0.2) is 24.5 Å². The van der Waals surface area contributed by atoms with Crippen molar-refractivity contribution in [2.45, 2.75) is 13.5 Å². The summed E-state index contributed by atoms with van der Waals surface area (Å²) < 4.78 is 1.73. The second-order valence-electron chi connectivity index (χ2n) is 3.96. The second kappa shape index (κ2) is 4.87. The number of anilines is 1. The van der Waals surface area contributed by atoms with Gasteiger partial charge in [0.15, 0.2) is 0 Å². The van der Waals surface area contributed by atoms with Crippen LogP contribution in [0.2, 0.25) is 0 Å². The van der Waals surface area contributed by atoms with E-state index < -0.39 is 5.97 Å². The van der Waals surface area contributed by atoms with Gasteiger partial charge in [-0.2, -0.15) is 5.10 Å². The Labute approximate surface area is 104 Å². The van der Waals surface area contributed by atoms with Crippen LogP contribution in [-0.4, -0.2) is 25.8 Å². The molecule has 0 aliphatic rings. The zero-order valence-corrected chi connectivity index (χ0v) is 10.2. The Balaban J connectivity index is 2.22. The third-order valence-corrected chi connectivity index (χ3v) is 2.73. The van der Waals surface area contributed by atoms with E-state index in [-0.39, 0.29) is 5.56 Å². The van der Waals surface area contributed by atoms with Gasteiger partial charge in [0, 0.05) is 19.4 Å². The molecule has 2 heterocycles. The predicted molar refractivity (Wildman–Crippen MR) is 66.5 cm³/mol. The molecule has 18 heavy (non-hydrogen) atoms. The summed E-state index contributed by atoms with van der Waals surface area (Å²) in [7, 11) is 1.83. The van der Waals surface area contributed by atoms with Crippen molar-refractivity contribution in [1.82, 2.24) is 14.8 Å². The molecule has 2 aromatic rings. The summed E-state index contributed by atoms with van der Waals surface area (Å²) in [5.41, 5.74) is 1.85. The number of hydrogen-bond acceptors (Lipinski definition) is 4. The Morgan fingerprint density at radius 1 is 1.44 bits per heavy atom. The van der Waals surface area contributed by atoms with Crippen LogP contribution in [-0.2, 0) is 13.6 Å². The lowest BCUT2D eigenvalue weighted by molar-refractivity contribution is 0.0697. The van der Waals surface area contributed by atoms with Gasteiger partial charge in [-0.15, -0.1) is 0 Å². The summed E-state index contributed by atoms with van der Waals surface area (Å²) in [6.07, 6.45) is 3.28. The van der Waals surface area contributed by atoms with Crippen molar-refractivity contribution in [1.29, 1.82) is 0 Å². The summed E-state index contributed by atoms with van der Waals surface area (Å²) in [4.78, 5) is 15.2. The molecule has 0 aliphatic carbocycles. The van der Waals surface area contributed by atoms with Crippen molar-refractivity contribution in [3.8, 4) is 0 Å². The highest BCUT2D eigenvalue weighted by Gasteiger charge is 2.14. The van der Waals surface area contributed by atoms with E-state index in [1.54, 1.807) is 30.1 Å². The van der Waals surface area contributed by atoms with Gasteiger partial charge >= 0.3 is 5.97 Å². The van der Waals surface area contributed by atoms with E-state index in [4.69, 9.17) is 5.11 Å². The third-order valence-electron chi connectivity index (χ3n) is 2.73. The number of carbonyl (C=O) groups is 1. The number of nitrogens with one attached hydrogen (secondary N) is 1. The summed E-state index contributed by atoms with van der Waals surface area (Å²) in [6.45, 7) is 2.23. The predicted octanol–water partition coefficient (Wildman–Crippen LogP) is 1.43. The lowest BCUT2D eigenvalue weighted by Crippen LogP contribution is -2.11. The molecule has 6 nitrogen and oxygen atoms in total. The first-order valence-corrected chi connectivity index (χ1v) is 5.49. The van der Waals surface area contributed by atoms with Crippen LogP contribution in [0.3, 0.4) is 0 Å². The Bertz CT molecular complexity index is 577. The second-order valence-corrected chi connectivity index (χ2v) is 3.96. The van der Waals surface area contributed by atoms with Gasteiger partial charge in [-0.3, -0.25) is 4.68 Å². The standard InChI is InChI=1S/C12H14N4O2/c1-8-3-5-13-11(10(8)12(17)18)14-7-9-4-6-15-16(9)2/h3-6H,7H2,1-2H3,(H,13,14)(H,17,18). The normalized spacial score (nSPS) is 10.3. The summed E-state index contributed by atoms with van der Waals surface area (Å²) >= 11 is 0. The van der Waals surface area contributed by atoms with Crippen molar-refractivity contribution in [3.05, 3.63) is 41.3 Å². The van der Waals surface area contributed by atoms with Gasteiger partial charge in [-0.25, -0.2) is 9.78 Å². The number of aromatic nitrogens is 3. The molecule has 0 fully saturated rings. The van der Waals surface area contributed by atoms with Gasteiger partial charge in [0.25, 0.3) is 0 Å². The lowest BCUT2D eigenvalue weighted by atomic mass is 10.1. The third kappa shape index (κ3) is 2.32. The lowest BCUT2D eigenvalue weighted by Gasteiger charge is -2.10.